The Balaban J connectivity index is 2.09. The summed E-state index contributed by atoms with van der Waals surface area (Å²) in [4.78, 5) is 22.0. The lowest BCUT2D eigenvalue weighted by atomic mass is 9.86. The van der Waals surface area contributed by atoms with Crippen LogP contribution in [-0.2, 0) is 9.59 Å². The maximum Gasteiger partial charge on any atom is 0.325 e. The normalized spacial score (nSPS) is 18.6. The first kappa shape index (κ1) is 14.0. The molecule has 1 aliphatic carbocycles. The Morgan fingerprint density at radius 2 is 1.94 bits per heavy atom. The van der Waals surface area contributed by atoms with Crippen molar-refractivity contribution in [2.24, 2.45) is 5.92 Å². The fraction of sp³-hybridized carbons (Fsp3) is 0.846. The molecule has 1 aliphatic rings. The van der Waals surface area contributed by atoms with Crippen molar-refractivity contribution in [3.8, 4) is 0 Å². The molecule has 0 aromatic rings. The van der Waals surface area contributed by atoms with Crippen LogP contribution in [0.2, 0.25) is 0 Å². The summed E-state index contributed by atoms with van der Waals surface area (Å²) < 4.78 is 0. The molecule has 0 radical (unpaired) electrons. The summed E-state index contributed by atoms with van der Waals surface area (Å²) in [5.41, 5.74) is 0. The van der Waals surface area contributed by atoms with Gasteiger partial charge in [-0.3, -0.25) is 9.59 Å². The van der Waals surface area contributed by atoms with E-state index in [9.17, 15) is 9.59 Å². The van der Waals surface area contributed by atoms with Gasteiger partial charge in [-0.25, -0.2) is 0 Å². The van der Waals surface area contributed by atoms with Crippen LogP contribution in [0.15, 0.2) is 0 Å². The van der Waals surface area contributed by atoms with E-state index in [-0.39, 0.29) is 5.91 Å². The Hall–Kier alpha value is -1.06. The van der Waals surface area contributed by atoms with Crippen molar-refractivity contribution in [3.63, 3.8) is 0 Å². The number of carbonyl (C=O) groups is 2. The fourth-order valence-corrected chi connectivity index (χ4v) is 2.40. The lowest BCUT2D eigenvalue weighted by molar-refractivity contribution is -0.141. The molecule has 0 heterocycles. The molecule has 1 unspecified atom stereocenters. The number of aliphatic carboxylic acids is 1. The van der Waals surface area contributed by atoms with Crippen LogP contribution >= 0.6 is 0 Å². The number of hydrogen-bond acceptors (Lipinski definition) is 2. The van der Waals surface area contributed by atoms with E-state index < -0.39 is 12.0 Å². The van der Waals surface area contributed by atoms with Crippen molar-refractivity contribution in [3.05, 3.63) is 0 Å². The minimum absolute atomic E-state index is 0.143. The number of carbonyl (C=O) groups excluding carboxylic acids is 1. The highest BCUT2D eigenvalue weighted by molar-refractivity contribution is 5.83. The molecular formula is C13H23NO3. The van der Waals surface area contributed by atoms with E-state index in [1.54, 1.807) is 0 Å². The number of rotatable bonds is 6. The molecule has 1 rings (SSSR count). The highest BCUT2D eigenvalue weighted by atomic mass is 16.4. The predicted octanol–water partition coefficient (Wildman–Crippen LogP) is 2.33. The third-order valence-corrected chi connectivity index (χ3v) is 3.49. The van der Waals surface area contributed by atoms with Gasteiger partial charge in [0.05, 0.1) is 0 Å². The summed E-state index contributed by atoms with van der Waals surface area (Å²) in [5.74, 6) is -0.338. The summed E-state index contributed by atoms with van der Waals surface area (Å²) in [7, 11) is 0. The third-order valence-electron chi connectivity index (χ3n) is 3.49. The van der Waals surface area contributed by atoms with Crippen molar-refractivity contribution >= 4 is 11.9 Å². The van der Waals surface area contributed by atoms with Gasteiger partial charge < -0.3 is 10.4 Å². The van der Waals surface area contributed by atoms with E-state index in [1.165, 1.54) is 39.0 Å². The predicted molar refractivity (Wildman–Crippen MR) is 65.7 cm³/mol. The molecule has 17 heavy (non-hydrogen) atoms. The zero-order valence-electron chi connectivity index (χ0n) is 10.6. The van der Waals surface area contributed by atoms with Gasteiger partial charge in [0.25, 0.3) is 0 Å². The second-order valence-electron chi connectivity index (χ2n) is 5.02. The average molecular weight is 241 g/mol. The Labute approximate surface area is 103 Å². The van der Waals surface area contributed by atoms with Crippen LogP contribution in [-0.4, -0.2) is 23.0 Å². The molecular weight excluding hydrogens is 218 g/mol. The van der Waals surface area contributed by atoms with Gasteiger partial charge in [-0.05, 0) is 25.7 Å². The molecule has 0 saturated heterocycles. The van der Waals surface area contributed by atoms with Crippen LogP contribution in [0.1, 0.15) is 58.3 Å². The molecule has 98 valence electrons. The first-order valence-electron chi connectivity index (χ1n) is 6.61. The zero-order valence-corrected chi connectivity index (χ0v) is 10.6. The van der Waals surface area contributed by atoms with Crippen molar-refractivity contribution in [2.75, 3.05) is 0 Å². The Morgan fingerprint density at radius 3 is 2.53 bits per heavy atom. The van der Waals surface area contributed by atoms with Crippen LogP contribution in [0.4, 0.5) is 0 Å². The molecule has 0 spiro atoms. The van der Waals surface area contributed by atoms with Gasteiger partial charge in [-0.2, -0.15) is 0 Å². The second-order valence-corrected chi connectivity index (χ2v) is 5.02. The van der Waals surface area contributed by atoms with Gasteiger partial charge in [-0.15, -0.1) is 0 Å². The molecule has 0 aliphatic heterocycles. The summed E-state index contributed by atoms with van der Waals surface area (Å²) in [5, 5.41) is 11.1. The molecule has 0 aromatic heterocycles. The Bertz CT molecular complexity index is 259. The molecule has 1 amide bonds. The molecule has 4 heteroatoms. The van der Waals surface area contributed by atoms with Gasteiger partial charge in [-0.1, -0.05) is 32.1 Å². The van der Waals surface area contributed by atoms with E-state index >= 15 is 0 Å². The maximum atomic E-state index is 11.4. The van der Waals surface area contributed by atoms with Crippen LogP contribution < -0.4 is 5.32 Å². The van der Waals surface area contributed by atoms with Crippen LogP contribution in [0.25, 0.3) is 0 Å². The smallest absolute Gasteiger partial charge is 0.325 e. The topological polar surface area (TPSA) is 66.4 Å². The third kappa shape index (κ3) is 5.71. The van der Waals surface area contributed by atoms with Crippen molar-refractivity contribution < 1.29 is 14.7 Å². The minimum atomic E-state index is -0.981. The van der Waals surface area contributed by atoms with Crippen molar-refractivity contribution in [1.29, 1.82) is 0 Å². The minimum Gasteiger partial charge on any atom is -0.480 e. The lowest BCUT2D eigenvalue weighted by Gasteiger charge is -2.21. The molecule has 0 aromatic carbocycles. The van der Waals surface area contributed by atoms with Gasteiger partial charge >= 0.3 is 5.97 Å². The largest absolute Gasteiger partial charge is 0.480 e. The average Bonchev–Trinajstić information content (AvgIpc) is 2.30. The summed E-state index contributed by atoms with van der Waals surface area (Å²) in [6.07, 6.45) is 9.04. The zero-order chi connectivity index (χ0) is 12.7. The number of nitrogens with one attached hydrogen (secondary N) is 1. The van der Waals surface area contributed by atoms with E-state index in [1.807, 2.05) is 0 Å². The SMILES string of the molecule is CC(NC(=O)CCCC1CCCCC1)C(=O)O. The maximum absolute atomic E-state index is 11.4. The van der Waals surface area contributed by atoms with Crippen LogP contribution in [0.3, 0.4) is 0 Å². The fourth-order valence-electron chi connectivity index (χ4n) is 2.40. The molecule has 1 saturated carbocycles. The standard InChI is InChI=1S/C13H23NO3/c1-10(13(16)17)14-12(15)9-5-8-11-6-3-2-4-7-11/h10-11H,2-9H2,1H3,(H,14,15)(H,16,17). The number of carboxylic acids is 1. The highest BCUT2D eigenvalue weighted by Gasteiger charge is 2.16. The lowest BCUT2D eigenvalue weighted by Crippen LogP contribution is -2.38. The summed E-state index contributed by atoms with van der Waals surface area (Å²) >= 11 is 0. The quantitative estimate of drug-likeness (QED) is 0.750. The number of carboxylic acid groups (broad SMARTS) is 1. The monoisotopic (exact) mass is 241 g/mol. The van der Waals surface area contributed by atoms with E-state index in [0.29, 0.717) is 6.42 Å². The molecule has 2 N–H and O–H groups in total. The first-order chi connectivity index (χ1) is 8.09. The van der Waals surface area contributed by atoms with Crippen LogP contribution in [0, 0.1) is 5.92 Å². The van der Waals surface area contributed by atoms with E-state index in [4.69, 9.17) is 5.11 Å². The Morgan fingerprint density at radius 1 is 1.29 bits per heavy atom. The van der Waals surface area contributed by atoms with E-state index in [2.05, 4.69) is 5.32 Å². The number of amides is 1. The van der Waals surface area contributed by atoms with Gasteiger partial charge in [0.15, 0.2) is 0 Å². The van der Waals surface area contributed by atoms with Crippen LogP contribution in [0.5, 0.6) is 0 Å². The van der Waals surface area contributed by atoms with Crippen molar-refractivity contribution in [1.82, 2.24) is 5.32 Å². The summed E-state index contributed by atoms with van der Waals surface area (Å²) in [6.45, 7) is 1.49. The number of hydrogen-bond donors (Lipinski definition) is 2. The molecule has 1 fully saturated rings. The molecule has 4 nitrogen and oxygen atoms in total. The second kappa shape index (κ2) is 7.30. The van der Waals surface area contributed by atoms with Gasteiger partial charge in [0.2, 0.25) is 5.91 Å². The Kier molecular flexibility index (Phi) is 6.01. The van der Waals surface area contributed by atoms with Crippen molar-refractivity contribution in [2.45, 2.75) is 64.3 Å². The first-order valence-corrected chi connectivity index (χ1v) is 6.61. The summed E-state index contributed by atoms with van der Waals surface area (Å²) in [6, 6.07) is -0.780. The van der Waals surface area contributed by atoms with Gasteiger partial charge in [0.1, 0.15) is 6.04 Å². The highest BCUT2D eigenvalue weighted by Crippen LogP contribution is 2.27. The van der Waals surface area contributed by atoms with Gasteiger partial charge in [0, 0.05) is 6.42 Å². The molecule has 1 atom stereocenters. The van der Waals surface area contributed by atoms with E-state index in [0.717, 1.165) is 18.8 Å². The molecule has 0 bridgehead atoms.